The van der Waals surface area contributed by atoms with Crippen molar-refractivity contribution in [3.05, 3.63) is 102 Å². The molecular weight excluding hydrogens is 655 g/mol. The molecule has 0 fully saturated rings. The average Bonchev–Trinajstić information content (AvgIpc) is 3.44. The summed E-state index contributed by atoms with van der Waals surface area (Å²) in [7, 11) is 0. The van der Waals surface area contributed by atoms with Crippen molar-refractivity contribution in [2.75, 3.05) is 0 Å². The van der Waals surface area contributed by atoms with E-state index < -0.39 is 0 Å². The molecule has 193 valence electrons. The number of furan rings is 2. The summed E-state index contributed by atoms with van der Waals surface area (Å²) in [6, 6.07) is 25.9. The zero-order chi connectivity index (χ0) is 26.1. The molecule has 3 aromatic heterocycles. The topological polar surface area (TPSA) is 76.5 Å². The van der Waals surface area contributed by atoms with E-state index in [1.54, 1.807) is 6.20 Å². The molecule has 5 nitrogen and oxygen atoms in total. The molecule has 0 aliphatic heterocycles. The van der Waals surface area contributed by atoms with Crippen LogP contribution >= 0.6 is 0 Å². The van der Waals surface area contributed by atoms with Crippen molar-refractivity contribution in [1.82, 2.24) is 4.98 Å². The van der Waals surface area contributed by atoms with Gasteiger partial charge in [0, 0.05) is 42.5 Å². The minimum atomic E-state index is -0.125. The van der Waals surface area contributed by atoms with Gasteiger partial charge in [-0.15, -0.1) is 18.2 Å². The van der Waals surface area contributed by atoms with E-state index in [0.717, 1.165) is 55.5 Å². The number of para-hydroxylation sites is 1. The van der Waals surface area contributed by atoms with Crippen LogP contribution in [0.5, 0.6) is 0 Å². The first-order valence-electron chi connectivity index (χ1n) is 12.0. The molecular formula is C32H26IrNO4-. The van der Waals surface area contributed by atoms with Crippen LogP contribution < -0.4 is 0 Å². The number of allylic oxidation sites excluding steroid dienone is 2. The van der Waals surface area contributed by atoms with Gasteiger partial charge in [0.1, 0.15) is 11.3 Å². The van der Waals surface area contributed by atoms with Gasteiger partial charge in [-0.3, -0.25) is 4.79 Å². The number of pyridine rings is 1. The van der Waals surface area contributed by atoms with E-state index in [2.05, 4.69) is 55.2 Å². The van der Waals surface area contributed by atoms with Gasteiger partial charge in [-0.05, 0) is 57.7 Å². The zero-order valence-electron chi connectivity index (χ0n) is 21.5. The van der Waals surface area contributed by atoms with Crippen LogP contribution in [0, 0.1) is 19.9 Å². The number of benzene rings is 3. The van der Waals surface area contributed by atoms with Crippen LogP contribution in [0.15, 0.2) is 93.6 Å². The number of hydrogen-bond acceptors (Lipinski definition) is 5. The van der Waals surface area contributed by atoms with Crippen LogP contribution in [0.3, 0.4) is 0 Å². The van der Waals surface area contributed by atoms with Gasteiger partial charge in [-0.1, -0.05) is 52.4 Å². The van der Waals surface area contributed by atoms with Crippen LogP contribution in [-0.2, 0) is 24.9 Å². The number of ketones is 1. The van der Waals surface area contributed by atoms with Gasteiger partial charge in [0.25, 0.3) is 0 Å². The van der Waals surface area contributed by atoms with Gasteiger partial charge in [0.2, 0.25) is 0 Å². The van der Waals surface area contributed by atoms with Crippen molar-refractivity contribution in [2.45, 2.75) is 27.7 Å². The van der Waals surface area contributed by atoms with Gasteiger partial charge in [-0.2, -0.15) is 0 Å². The van der Waals surface area contributed by atoms with E-state index in [4.69, 9.17) is 13.9 Å². The number of carbonyl (C=O) groups is 1. The van der Waals surface area contributed by atoms with Gasteiger partial charge in [-0.25, -0.2) is 0 Å². The Morgan fingerprint density at radius 2 is 1.66 bits per heavy atom. The Bertz CT molecular complexity index is 1790. The maximum atomic E-state index is 10.0. The van der Waals surface area contributed by atoms with Crippen molar-refractivity contribution in [3.63, 3.8) is 0 Å². The molecule has 0 atom stereocenters. The molecule has 1 radical (unpaired) electrons. The molecule has 0 bridgehead atoms. The first-order chi connectivity index (χ1) is 17.8. The Kier molecular flexibility index (Phi) is 7.96. The molecule has 3 heterocycles. The fourth-order valence-corrected chi connectivity index (χ4v) is 4.52. The Labute approximate surface area is 234 Å². The number of hydrogen-bond donors (Lipinski definition) is 1. The van der Waals surface area contributed by atoms with Crippen LogP contribution in [0.25, 0.3) is 55.5 Å². The number of carbonyl (C=O) groups excluding carboxylic acids is 1. The number of aryl methyl sites for hydroxylation is 2. The van der Waals surface area contributed by atoms with E-state index in [-0.39, 0.29) is 31.6 Å². The number of nitrogens with zero attached hydrogens (tertiary/aromatic N) is 1. The summed E-state index contributed by atoms with van der Waals surface area (Å²) in [5.41, 5.74) is 7.64. The largest absolute Gasteiger partial charge is 0.512 e. The third kappa shape index (κ3) is 5.62. The molecule has 38 heavy (non-hydrogen) atoms. The molecule has 1 N–H and O–H groups in total. The SMILES string of the molecule is CC(=O)/C=C(/C)O.Cc1cc(C)cc(-c2cc3cc(-c4[c-]ccc5c4oc4ccccc45)ncc3o2)c1.[Ir]. The predicted molar refractivity (Wildman–Crippen MR) is 148 cm³/mol. The minimum Gasteiger partial charge on any atom is -0.512 e. The third-order valence-corrected chi connectivity index (χ3v) is 5.92. The zero-order valence-corrected chi connectivity index (χ0v) is 23.9. The first-order valence-corrected chi connectivity index (χ1v) is 12.0. The predicted octanol–water partition coefficient (Wildman–Crippen LogP) is 8.51. The average molecular weight is 681 g/mol. The fraction of sp³-hybridized carbons (Fsp3) is 0.125. The van der Waals surface area contributed by atoms with Crippen molar-refractivity contribution in [3.8, 4) is 22.6 Å². The third-order valence-electron chi connectivity index (χ3n) is 5.92. The summed E-state index contributed by atoms with van der Waals surface area (Å²) in [5.74, 6) is 0.786. The second-order valence-electron chi connectivity index (χ2n) is 9.18. The van der Waals surface area contributed by atoms with Crippen LogP contribution in [0.1, 0.15) is 25.0 Å². The molecule has 0 aliphatic carbocycles. The van der Waals surface area contributed by atoms with Crippen molar-refractivity contribution in [2.24, 2.45) is 0 Å². The Hall–Kier alpha value is -3.99. The molecule has 6 aromatic rings. The van der Waals surface area contributed by atoms with Gasteiger partial charge in [0.15, 0.2) is 11.4 Å². The Balaban J connectivity index is 0.000000375. The molecule has 6 rings (SSSR count). The Morgan fingerprint density at radius 1 is 0.921 bits per heavy atom. The van der Waals surface area contributed by atoms with Crippen LogP contribution in [0.4, 0.5) is 0 Å². The second kappa shape index (κ2) is 11.2. The standard InChI is InChI=1S/C27H18NO2.C5H8O2.Ir/c1-16-10-17(2)12-18(11-16)25-14-19-13-23(28-15-26(19)29-25)22-8-5-7-21-20-6-3-4-9-24(20)30-27(21)22;1-4(6)3-5(2)7;/h3-7,9-15H,1-2H3;3,6H,1-2H3;/q-1;;/b;4-3-;. The van der Waals surface area contributed by atoms with E-state index >= 15 is 0 Å². The van der Waals surface area contributed by atoms with E-state index in [1.165, 1.54) is 31.1 Å². The summed E-state index contributed by atoms with van der Waals surface area (Å²) in [6.45, 7) is 7.05. The molecule has 0 saturated carbocycles. The summed E-state index contributed by atoms with van der Waals surface area (Å²) in [4.78, 5) is 14.7. The number of fused-ring (bicyclic) bond motifs is 4. The summed E-state index contributed by atoms with van der Waals surface area (Å²) < 4.78 is 12.3. The molecule has 0 spiro atoms. The molecule has 0 aliphatic rings. The van der Waals surface area contributed by atoms with E-state index in [0.29, 0.717) is 0 Å². The molecule has 0 amide bonds. The quantitative estimate of drug-likeness (QED) is 0.115. The van der Waals surface area contributed by atoms with Crippen LogP contribution in [-0.4, -0.2) is 15.9 Å². The van der Waals surface area contributed by atoms with Crippen LogP contribution in [0.2, 0.25) is 0 Å². The van der Waals surface area contributed by atoms with Crippen molar-refractivity contribution < 1.29 is 38.8 Å². The number of rotatable bonds is 3. The molecule has 6 heteroatoms. The van der Waals surface area contributed by atoms with E-state index in [9.17, 15) is 4.79 Å². The van der Waals surface area contributed by atoms with Gasteiger partial charge < -0.3 is 18.9 Å². The number of aliphatic hydroxyl groups is 1. The van der Waals surface area contributed by atoms with Gasteiger partial charge >= 0.3 is 0 Å². The monoisotopic (exact) mass is 681 g/mol. The molecule has 0 unspecified atom stereocenters. The second-order valence-corrected chi connectivity index (χ2v) is 9.18. The van der Waals surface area contributed by atoms with Gasteiger partial charge in [0.05, 0.1) is 17.5 Å². The Morgan fingerprint density at radius 3 is 2.34 bits per heavy atom. The minimum absolute atomic E-state index is 0. The smallest absolute Gasteiger partial charge is 0.155 e. The molecule has 0 saturated heterocycles. The fourth-order valence-electron chi connectivity index (χ4n) is 4.52. The summed E-state index contributed by atoms with van der Waals surface area (Å²) >= 11 is 0. The molecule has 3 aromatic carbocycles. The normalized spacial score (nSPS) is 11.3. The maximum absolute atomic E-state index is 10.0. The van der Waals surface area contributed by atoms with E-state index in [1.807, 2.05) is 36.4 Å². The number of aliphatic hydroxyl groups excluding tert-OH is 1. The summed E-state index contributed by atoms with van der Waals surface area (Å²) in [6.07, 6.45) is 2.95. The number of aromatic nitrogens is 1. The summed E-state index contributed by atoms with van der Waals surface area (Å²) in [5, 5.41) is 11.5. The van der Waals surface area contributed by atoms with Crippen molar-refractivity contribution >= 4 is 38.7 Å². The first kappa shape index (κ1) is 27.1. The van der Waals surface area contributed by atoms with Crippen molar-refractivity contribution in [1.29, 1.82) is 0 Å². The maximum Gasteiger partial charge on any atom is 0.155 e.